The zero-order valence-corrected chi connectivity index (χ0v) is 13.2. The Labute approximate surface area is 123 Å². The number of nitrogens with one attached hydrogen (secondary N) is 1. The summed E-state index contributed by atoms with van der Waals surface area (Å²) in [6, 6.07) is 9.57. The van der Waals surface area contributed by atoms with Crippen LogP contribution < -0.4 is 10.1 Å². The Morgan fingerprint density at radius 3 is 2.40 bits per heavy atom. The van der Waals surface area contributed by atoms with Crippen molar-refractivity contribution in [3.63, 3.8) is 0 Å². The van der Waals surface area contributed by atoms with Gasteiger partial charge in [-0.3, -0.25) is 0 Å². The van der Waals surface area contributed by atoms with E-state index in [1.54, 1.807) is 0 Å². The quantitative estimate of drug-likeness (QED) is 0.778. The van der Waals surface area contributed by atoms with E-state index in [2.05, 4.69) is 50.4 Å². The highest BCUT2D eigenvalue weighted by Crippen LogP contribution is 2.29. The van der Waals surface area contributed by atoms with Crippen molar-refractivity contribution in [3.8, 4) is 5.75 Å². The molecule has 1 aromatic carbocycles. The zero-order chi connectivity index (χ0) is 14.4. The number of benzene rings is 1. The molecule has 0 aliphatic heterocycles. The van der Waals surface area contributed by atoms with Crippen LogP contribution in [-0.2, 0) is 0 Å². The second kappa shape index (κ2) is 7.68. The molecule has 112 valence electrons. The van der Waals surface area contributed by atoms with Crippen LogP contribution in [0.15, 0.2) is 24.3 Å². The first kappa shape index (κ1) is 15.4. The summed E-state index contributed by atoms with van der Waals surface area (Å²) in [7, 11) is 0. The third-order valence-corrected chi connectivity index (χ3v) is 4.47. The Bertz CT molecular complexity index is 381. The van der Waals surface area contributed by atoms with Gasteiger partial charge < -0.3 is 10.1 Å². The minimum Gasteiger partial charge on any atom is -0.494 e. The highest BCUT2D eigenvalue weighted by Gasteiger charge is 2.22. The molecule has 2 atom stereocenters. The number of hydrogen-bond donors (Lipinski definition) is 1. The van der Waals surface area contributed by atoms with Gasteiger partial charge in [0.25, 0.3) is 0 Å². The van der Waals surface area contributed by atoms with E-state index in [0.29, 0.717) is 12.1 Å². The predicted molar refractivity (Wildman–Crippen MR) is 85.2 cm³/mol. The molecular formula is C18H29NO. The Hall–Kier alpha value is -1.02. The standard InChI is InChI=1S/C18H29NO/c1-4-13-20-18-11-9-17(10-12-18)15(3)19-14(2)16-7-5-6-8-16/h9-12,14-16,19H,4-8,13H2,1-3H3/t14-,15?/m1/s1. The molecule has 2 nitrogen and oxygen atoms in total. The molecule has 0 heterocycles. The number of hydrogen-bond acceptors (Lipinski definition) is 2. The van der Waals surface area contributed by atoms with E-state index in [9.17, 15) is 0 Å². The molecule has 1 aliphatic carbocycles. The molecule has 1 aromatic rings. The van der Waals surface area contributed by atoms with Crippen LogP contribution >= 0.6 is 0 Å². The molecule has 1 unspecified atom stereocenters. The summed E-state index contributed by atoms with van der Waals surface area (Å²) in [5.41, 5.74) is 1.35. The van der Waals surface area contributed by atoms with E-state index < -0.39 is 0 Å². The molecule has 20 heavy (non-hydrogen) atoms. The van der Waals surface area contributed by atoms with E-state index in [-0.39, 0.29) is 0 Å². The molecule has 0 aromatic heterocycles. The molecule has 0 amide bonds. The van der Waals surface area contributed by atoms with Crippen LogP contribution in [0.4, 0.5) is 0 Å². The van der Waals surface area contributed by atoms with Crippen LogP contribution in [0.1, 0.15) is 64.5 Å². The normalized spacial score (nSPS) is 18.9. The maximum atomic E-state index is 5.63. The fourth-order valence-corrected chi connectivity index (χ4v) is 3.16. The van der Waals surface area contributed by atoms with Crippen LogP contribution in [-0.4, -0.2) is 12.6 Å². The minimum atomic E-state index is 0.408. The maximum absolute atomic E-state index is 5.63. The summed E-state index contributed by atoms with van der Waals surface area (Å²) in [6.45, 7) is 7.52. The first-order chi connectivity index (χ1) is 9.70. The van der Waals surface area contributed by atoms with Crippen molar-refractivity contribution in [2.75, 3.05) is 6.61 Å². The minimum absolute atomic E-state index is 0.408. The third kappa shape index (κ3) is 4.24. The smallest absolute Gasteiger partial charge is 0.119 e. The van der Waals surface area contributed by atoms with Gasteiger partial charge in [0, 0.05) is 12.1 Å². The lowest BCUT2D eigenvalue weighted by Crippen LogP contribution is -2.34. The van der Waals surface area contributed by atoms with Gasteiger partial charge in [-0.05, 0) is 56.7 Å². The first-order valence-corrected chi connectivity index (χ1v) is 8.19. The highest BCUT2D eigenvalue weighted by atomic mass is 16.5. The van der Waals surface area contributed by atoms with Gasteiger partial charge in [-0.1, -0.05) is 31.9 Å². The average Bonchev–Trinajstić information content (AvgIpc) is 3.00. The Kier molecular flexibility index (Phi) is 5.90. The monoisotopic (exact) mass is 275 g/mol. The summed E-state index contributed by atoms with van der Waals surface area (Å²) < 4.78 is 5.63. The van der Waals surface area contributed by atoms with Gasteiger partial charge in [0.2, 0.25) is 0 Å². The molecule has 0 saturated heterocycles. The fraction of sp³-hybridized carbons (Fsp3) is 0.667. The van der Waals surface area contributed by atoms with E-state index >= 15 is 0 Å². The number of rotatable bonds is 7. The highest BCUT2D eigenvalue weighted by molar-refractivity contribution is 5.29. The first-order valence-electron chi connectivity index (χ1n) is 8.19. The molecule has 2 heteroatoms. The van der Waals surface area contributed by atoms with Gasteiger partial charge in [-0.25, -0.2) is 0 Å². The summed E-state index contributed by atoms with van der Waals surface area (Å²) >= 11 is 0. The topological polar surface area (TPSA) is 21.3 Å². The second-order valence-corrected chi connectivity index (χ2v) is 6.14. The average molecular weight is 275 g/mol. The van der Waals surface area contributed by atoms with Crippen LogP contribution in [0.2, 0.25) is 0 Å². The second-order valence-electron chi connectivity index (χ2n) is 6.14. The molecule has 2 rings (SSSR count). The lowest BCUT2D eigenvalue weighted by Gasteiger charge is -2.25. The number of ether oxygens (including phenoxy) is 1. The summed E-state index contributed by atoms with van der Waals surface area (Å²) in [6.07, 6.45) is 6.66. The lowest BCUT2D eigenvalue weighted by molar-refractivity contribution is 0.317. The van der Waals surface area contributed by atoms with Crippen molar-refractivity contribution >= 4 is 0 Å². The van der Waals surface area contributed by atoms with Crippen LogP contribution in [0.3, 0.4) is 0 Å². The predicted octanol–water partition coefficient (Wildman–Crippen LogP) is 4.70. The van der Waals surface area contributed by atoms with Gasteiger partial charge in [-0.2, -0.15) is 0 Å². The van der Waals surface area contributed by atoms with Crippen molar-refractivity contribution in [2.24, 2.45) is 5.92 Å². The SMILES string of the molecule is CCCOc1ccc(C(C)N[C@H](C)C2CCCC2)cc1. The van der Waals surface area contributed by atoms with Gasteiger partial charge in [0.15, 0.2) is 0 Å². The van der Waals surface area contributed by atoms with Crippen molar-refractivity contribution in [3.05, 3.63) is 29.8 Å². The van der Waals surface area contributed by atoms with Crippen molar-refractivity contribution < 1.29 is 4.74 Å². The van der Waals surface area contributed by atoms with Crippen LogP contribution in [0.5, 0.6) is 5.75 Å². The summed E-state index contributed by atoms with van der Waals surface area (Å²) in [5.74, 6) is 1.84. The van der Waals surface area contributed by atoms with Crippen LogP contribution in [0, 0.1) is 5.92 Å². The van der Waals surface area contributed by atoms with Crippen molar-refractivity contribution in [1.29, 1.82) is 0 Å². The molecule has 0 spiro atoms. The van der Waals surface area contributed by atoms with Crippen LogP contribution in [0.25, 0.3) is 0 Å². The van der Waals surface area contributed by atoms with E-state index in [0.717, 1.165) is 24.7 Å². The Morgan fingerprint density at radius 2 is 1.80 bits per heavy atom. The third-order valence-electron chi connectivity index (χ3n) is 4.47. The van der Waals surface area contributed by atoms with E-state index in [1.165, 1.54) is 31.2 Å². The lowest BCUT2D eigenvalue weighted by atomic mass is 9.98. The molecule has 1 aliphatic rings. The van der Waals surface area contributed by atoms with E-state index in [1.807, 2.05) is 0 Å². The summed E-state index contributed by atoms with van der Waals surface area (Å²) in [5, 5.41) is 3.76. The summed E-state index contributed by atoms with van der Waals surface area (Å²) in [4.78, 5) is 0. The largest absolute Gasteiger partial charge is 0.494 e. The molecule has 1 N–H and O–H groups in total. The molecular weight excluding hydrogens is 246 g/mol. The molecule has 0 bridgehead atoms. The molecule has 1 fully saturated rings. The Morgan fingerprint density at radius 1 is 1.15 bits per heavy atom. The van der Waals surface area contributed by atoms with Gasteiger partial charge >= 0.3 is 0 Å². The van der Waals surface area contributed by atoms with Crippen molar-refractivity contribution in [1.82, 2.24) is 5.32 Å². The van der Waals surface area contributed by atoms with E-state index in [4.69, 9.17) is 4.74 Å². The zero-order valence-electron chi connectivity index (χ0n) is 13.2. The van der Waals surface area contributed by atoms with Gasteiger partial charge in [0.1, 0.15) is 5.75 Å². The van der Waals surface area contributed by atoms with Gasteiger partial charge in [0.05, 0.1) is 6.61 Å². The molecule has 1 saturated carbocycles. The Balaban J connectivity index is 1.86. The fourth-order valence-electron chi connectivity index (χ4n) is 3.16. The maximum Gasteiger partial charge on any atom is 0.119 e. The van der Waals surface area contributed by atoms with Gasteiger partial charge in [-0.15, -0.1) is 0 Å². The molecule has 0 radical (unpaired) electrons. The van der Waals surface area contributed by atoms with Crippen molar-refractivity contribution in [2.45, 2.75) is 65.0 Å².